The Morgan fingerprint density at radius 3 is 2.47 bits per heavy atom. The minimum absolute atomic E-state index is 0.0528. The van der Waals surface area contributed by atoms with Crippen LogP contribution in [0.25, 0.3) is 10.4 Å². The van der Waals surface area contributed by atoms with Gasteiger partial charge in [0.05, 0.1) is 13.2 Å². The molecule has 4 heteroatoms. The van der Waals surface area contributed by atoms with Crippen molar-refractivity contribution in [3.05, 3.63) is 46.3 Å². The van der Waals surface area contributed by atoms with Gasteiger partial charge >= 0.3 is 0 Å². The van der Waals surface area contributed by atoms with Gasteiger partial charge in [0, 0.05) is 22.3 Å². The maximum atomic E-state index is 8.53. The Balaban J connectivity index is 1.86. The van der Waals surface area contributed by atoms with Crippen LogP contribution in [0.2, 0.25) is 0 Å². The number of benzene rings is 1. The van der Waals surface area contributed by atoms with E-state index in [-0.39, 0.29) is 5.41 Å². The zero-order valence-corrected chi connectivity index (χ0v) is 9.67. The van der Waals surface area contributed by atoms with Crippen molar-refractivity contribution in [2.45, 2.75) is 18.3 Å². The minimum atomic E-state index is 0.0528. The van der Waals surface area contributed by atoms with Gasteiger partial charge in [0.25, 0.3) is 0 Å². The second kappa shape index (κ2) is 3.76. The summed E-state index contributed by atoms with van der Waals surface area (Å²) in [5.74, 6) is 0. The summed E-state index contributed by atoms with van der Waals surface area (Å²) in [5.41, 5.74) is 10.3. The van der Waals surface area contributed by atoms with Crippen molar-refractivity contribution in [2.75, 3.05) is 19.8 Å². The van der Waals surface area contributed by atoms with E-state index < -0.39 is 0 Å². The van der Waals surface area contributed by atoms with Crippen LogP contribution in [0.3, 0.4) is 0 Å². The van der Waals surface area contributed by atoms with Crippen LogP contribution in [0.5, 0.6) is 0 Å². The molecule has 4 nitrogen and oxygen atoms in total. The highest BCUT2D eigenvalue weighted by molar-refractivity contribution is 5.32. The molecule has 1 aromatic carbocycles. The molecule has 0 amide bonds. The van der Waals surface area contributed by atoms with E-state index in [1.807, 2.05) is 6.07 Å². The molecule has 1 spiro atoms. The molecule has 0 radical (unpaired) electrons. The third kappa shape index (κ3) is 1.61. The highest BCUT2D eigenvalue weighted by Gasteiger charge is 2.58. The average molecular weight is 229 g/mol. The topological polar surface area (TPSA) is 58.0 Å². The van der Waals surface area contributed by atoms with Gasteiger partial charge in [-0.3, -0.25) is 0 Å². The summed E-state index contributed by atoms with van der Waals surface area (Å²) in [4.78, 5) is 2.91. The smallest absolute Gasteiger partial charge is 0.0545 e. The highest BCUT2D eigenvalue weighted by atomic mass is 16.5. The van der Waals surface area contributed by atoms with Crippen LogP contribution in [-0.2, 0) is 10.2 Å². The first-order valence-electron chi connectivity index (χ1n) is 5.93. The predicted octanol–water partition coefficient (Wildman–Crippen LogP) is 3.05. The maximum Gasteiger partial charge on any atom is 0.0545 e. The lowest BCUT2D eigenvalue weighted by Crippen LogP contribution is -2.60. The molecule has 1 saturated carbocycles. The number of azide groups is 1. The number of ether oxygens (including phenoxy) is 1. The first-order valence-corrected chi connectivity index (χ1v) is 5.93. The molecule has 17 heavy (non-hydrogen) atoms. The lowest BCUT2D eigenvalue weighted by molar-refractivity contribution is -0.187. The Kier molecular flexibility index (Phi) is 2.35. The van der Waals surface area contributed by atoms with E-state index in [0.717, 1.165) is 26.1 Å². The summed E-state index contributed by atoms with van der Waals surface area (Å²) in [6.07, 6.45) is 2.17. The monoisotopic (exact) mass is 229 g/mol. The fourth-order valence-corrected chi connectivity index (χ4v) is 3.34. The summed E-state index contributed by atoms with van der Waals surface area (Å²) in [6.45, 7) is 2.31. The zero-order valence-electron chi connectivity index (χ0n) is 9.67. The second-order valence-corrected chi connectivity index (χ2v) is 5.38. The third-order valence-corrected chi connectivity index (χ3v) is 4.07. The molecule has 1 heterocycles. The number of nitrogens with zero attached hydrogens (tertiary/aromatic N) is 3. The molecule has 0 aromatic heterocycles. The van der Waals surface area contributed by atoms with E-state index in [2.05, 4.69) is 34.3 Å². The number of hydrogen-bond donors (Lipinski definition) is 0. The van der Waals surface area contributed by atoms with Crippen LogP contribution < -0.4 is 0 Å². The SMILES string of the molecule is [N-]=[N+]=NCC1(c2ccccc2)CC2(COC2)C1. The summed E-state index contributed by atoms with van der Waals surface area (Å²) in [6, 6.07) is 10.4. The molecular weight excluding hydrogens is 214 g/mol. The van der Waals surface area contributed by atoms with Crippen LogP contribution in [0, 0.1) is 5.41 Å². The molecule has 1 aliphatic carbocycles. The van der Waals surface area contributed by atoms with E-state index in [1.165, 1.54) is 5.56 Å². The van der Waals surface area contributed by atoms with Crippen molar-refractivity contribution in [1.82, 2.24) is 0 Å². The molecule has 1 saturated heterocycles. The van der Waals surface area contributed by atoms with Gasteiger partial charge in [-0.2, -0.15) is 0 Å². The van der Waals surface area contributed by atoms with E-state index in [0.29, 0.717) is 12.0 Å². The predicted molar refractivity (Wildman–Crippen MR) is 64.6 cm³/mol. The Morgan fingerprint density at radius 2 is 1.94 bits per heavy atom. The van der Waals surface area contributed by atoms with Crippen molar-refractivity contribution in [3.8, 4) is 0 Å². The Hall–Kier alpha value is -1.51. The van der Waals surface area contributed by atoms with Crippen LogP contribution >= 0.6 is 0 Å². The molecule has 0 unspecified atom stereocenters. The largest absolute Gasteiger partial charge is 0.380 e. The van der Waals surface area contributed by atoms with E-state index >= 15 is 0 Å². The molecule has 1 aliphatic heterocycles. The summed E-state index contributed by atoms with van der Waals surface area (Å²) in [7, 11) is 0. The second-order valence-electron chi connectivity index (χ2n) is 5.38. The van der Waals surface area contributed by atoms with Crippen molar-refractivity contribution < 1.29 is 4.74 Å². The fourth-order valence-electron chi connectivity index (χ4n) is 3.34. The lowest BCUT2D eigenvalue weighted by atomic mass is 9.49. The van der Waals surface area contributed by atoms with Crippen LogP contribution in [0.4, 0.5) is 0 Å². The van der Waals surface area contributed by atoms with E-state index in [1.54, 1.807) is 0 Å². The molecule has 2 fully saturated rings. The quantitative estimate of drug-likeness (QED) is 0.446. The van der Waals surface area contributed by atoms with Gasteiger partial charge < -0.3 is 4.74 Å². The number of rotatable bonds is 3. The molecule has 2 aliphatic rings. The van der Waals surface area contributed by atoms with Crippen molar-refractivity contribution in [1.29, 1.82) is 0 Å². The fraction of sp³-hybridized carbons (Fsp3) is 0.538. The molecular formula is C13H15N3O. The maximum absolute atomic E-state index is 8.53. The van der Waals surface area contributed by atoms with Gasteiger partial charge in [-0.05, 0) is 23.9 Å². The van der Waals surface area contributed by atoms with Crippen LogP contribution in [0.15, 0.2) is 35.4 Å². The first-order chi connectivity index (χ1) is 8.29. The normalized spacial score (nSPS) is 23.3. The first kappa shape index (κ1) is 10.6. The van der Waals surface area contributed by atoms with Gasteiger partial charge in [-0.1, -0.05) is 35.4 Å². The van der Waals surface area contributed by atoms with Crippen molar-refractivity contribution in [2.24, 2.45) is 10.5 Å². The zero-order chi connectivity index (χ0) is 11.8. The molecule has 0 atom stereocenters. The molecule has 88 valence electrons. The van der Waals surface area contributed by atoms with E-state index in [9.17, 15) is 0 Å². The van der Waals surface area contributed by atoms with Crippen molar-refractivity contribution >= 4 is 0 Å². The average Bonchev–Trinajstić information content (AvgIpc) is 2.27. The molecule has 0 bridgehead atoms. The van der Waals surface area contributed by atoms with Crippen molar-refractivity contribution in [3.63, 3.8) is 0 Å². The highest BCUT2D eigenvalue weighted by Crippen LogP contribution is 2.59. The Morgan fingerprint density at radius 1 is 1.24 bits per heavy atom. The molecule has 0 N–H and O–H groups in total. The van der Waals surface area contributed by atoms with Gasteiger partial charge in [0.1, 0.15) is 0 Å². The van der Waals surface area contributed by atoms with Gasteiger partial charge in [0.2, 0.25) is 0 Å². The van der Waals surface area contributed by atoms with Gasteiger partial charge in [0.15, 0.2) is 0 Å². The minimum Gasteiger partial charge on any atom is -0.380 e. The summed E-state index contributed by atoms with van der Waals surface area (Å²) >= 11 is 0. The van der Waals surface area contributed by atoms with Crippen LogP contribution in [0.1, 0.15) is 18.4 Å². The Bertz CT molecular complexity index is 453. The lowest BCUT2D eigenvalue weighted by Gasteiger charge is -2.60. The Labute approximate surface area is 100 Å². The standard InChI is InChI=1S/C13H15N3O/c14-16-15-8-13(11-4-2-1-3-5-11)6-12(7-13)9-17-10-12/h1-5H,6-10H2. The van der Waals surface area contributed by atoms with Gasteiger partial charge in [-0.25, -0.2) is 0 Å². The number of hydrogen-bond acceptors (Lipinski definition) is 2. The van der Waals surface area contributed by atoms with Gasteiger partial charge in [-0.15, -0.1) is 0 Å². The molecule has 3 rings (SSSR count). The van der Waals surface area contributed by atoms with E-state index in [4.69, 9.17) is 10.3 Å². The summed E-state index contributed by atoms with van der Waals surface area (Å²) in [5, 5.41) is 3.81. The van der Waals surface area contributed by atoms with Crippen LogP contribution in [-0.4, -0.2) is 19.8 Å². The summed E-state index contributed by atoms with van der Waals surface area (Å²) < 4.78 is 5.31. The third-order valence-electron chi connectivity index (χ3n) is 4.07. The molecule has 1 aromatic rings.